The number of hydrogen-bond donors (Lipinski definition) is 1. The van der Waals surface area contributed by atoms with Gasteiger partial charge in [-0.15, -0.1) is 35.3 Å². The third kappa shape index (κ3) is 6.03. The molecule has 1 aromatic rings. The van der Waals surface area contributed by atoms with Crippen molar-refractivity contribution in [3.8, 4) is 0 Å². The average molecular weight is 493 g/mol. The number of morpholine rings is 1. The normalized spacial score (nSPS) is 21.9. The Bertz CT molecular complexity index is 574. The molecule has 2 aliphatic rings. The number of rotatable bonds is 5. The largest absolute Gasteiger partial charge is 0.379 e. The minimum absolute atomic E-state index is 0. The zero-order valence-corrected chi connectivity index (χ0v) is 19.3. The van der Waals surface area contributed by atoms with Gasteiger partial charge in [-0.25, -0.2) is 4.98 Å². The molecule has 2 saturated heterocycles. The highest BCUT2D eigenvalue weighted by molar-refractivity contribution is 14.0. The molecule has 0 bridgehead atoms. The summed E-state index contributed by atoms with van der Waals surface area (Å²) in [6.45, 7) is 12.4. The van der Waals surface area contributed by atoms with Gasteiger partial charge in [0.1, 0.15) is 0 Å². The topological polar surface area (TPSA) is 53.0 Å². The molecule has 1 unspecified atom stereocenters. The number of likely N-dealkylation sites (tertiary alicyclic amines) is 1. The van der Waals surface area contributed by atoms with Gasteiger partial charge in [0.25, 0.3) is 0 Å². The monoisotopic (exact) mass is 493 g/mol. The summed E-state index contributed by atoms with van der Waals surface area (Å²) in [7, 11) is 1.87. The molecule has 6 nitrogen and oxygen atoms in total. The summed E-state index contributed by atoms with van der Waals surface area (Å²) >= 11 is 1.75. The van der Waals surface area contributed by atoms with Gasteiger partial charge in [0, 0.05) is 51.1 Å². The summed E-state index contributed by atoms with van der Waals surface area (Å²) in [6.07, 6.45) is 1.24. The minimum Gasteiger partial charge on any atom is -0.379 e. The van der Waals surface area contributed by atoms with Gasteiger partial charge in [-0.2, -0.15) is 0 Å². The lowest BCUT2D eigenvalue weighted by Crippen LogP contribution is -2.42. The van der Waals surface area contributed by atoms with E-state index in [0.717, 1.165) is 63.5 Å². The molecule has 0 radical (unpaired) electrons. The van der Waals surface area contributed by atoms with E-state index >= 15 is 0 Å². The summed E-state index contributed by atoms with van der Waals surface area (Å²) in [6, 6.07) is 0. The van der Waals surface area contributed by atoms with Crippen molar-refractivity contribution in [1.29, 1.82) is 0 Å². The van der Waals surface area contributed by atoms with Crippen LogP contribution in [0.15, 0.2) is 10.4 Å². The number of aromatic nitrogens is 1. The molecular formula is C18H32IN5OS. The van der Waals surface area contributed by atoms with E-state index in [-0.39, 0.29) is 24.0 Å². The molecule has 0 spiro atoms. The van der Waals surface area contributed by atoms with Gasteiger partial charge in [0.2, 0.25) is 0 Å². The van der Waals surface area contributed by atoms with Crippen molar-refractivity contribution in [2.24, 2.45) is 10.9 Å². The molecule has 8 heteroatoms. The number of ether oxygens (including phenoxy) is 1. The Morgan fingerprint density at radius 1 is 1.38 bits per heavy atom. The first-order valence-corrected chi connectivity index (χ1v) is 10.2. The lowest BCUT2D eigenvalue weighted by molar-refractivity contribution is 0.0315. The molecule has 3 heterocycles. The van der Waals surface area contributed by atoms with Crippen LogP contribution in [0, 0.1) is 5.92 Å². The minimum atomic E-state index is 0. The zero-order valence-electron chi connectivity index (χ0n) is 16.1. The van der Waals surface area contributed by atoms with E-state index in [1.807, 2.05) is 7.05 Å². The van der Waals surface area contributed by atoms with Gasteiger partial charge in [-0.1, -0.05) is 13.8 Å². The molecule has 26 heavy (non-hydrogen) atoms. The SMILES string of the molecule is CN=C(NCc1csc(C(C)C)n1)N1CCC(CN2CCOCC2)C1.I. The Hall–Kier alpha value is -0.450. The Balaban J connectivity index is 0.00000243. The molecule has 0 amide bonds. The smallest absolute Gasteiger partial charge is 0.193 e. The van der Waals surface area contributed by atoms with Crippen molar-refractivity contribution >= 4 is 41.3 Å². The lowest BCUT2D eigenvalue weighted by atomic mass is 10.1. The second-order valence-electron chi connectivity index (χ2n) is 7.25. The van der Waals surface area contributed by atoms with Crippen molar-refractivity contribution in [2.75, 3.05) is 53.0 Å². The number of thiazole rings is 1. The number of halogens is 1. The van der Waals surface area contributed by atoms with Gasteiger partial charge in [0.15, 0.2) is 5.96 Å². The lowest BCUT2D eigenvalue weighted by Gasteiger charge is -2.29. The maximum Gasteiger partial charge on any atom is 0.193 e. The van der Waals surface area contributed by atoms with Crippen molar-refractivity contribution in [2.45, 2.75) is 32.7 Å². The molecular weight excluding hydrogens is 461 g/mol. The predicted molar refractivity (Wildman–Crippen MR) is 119 cm³/mol. The molecule has 2 fully saturated rings. The fourth-order valence-corrected chi connectivity index (χ4v) is 4.33. The first kappa shape index (κ1) is 21.8. The van der Waals surface area contributed by atoms with Crippen LogP contribution in [0.5, 0.6) is 0 Å². The number of nitrogens with zero attached hydrogens (tertiary/aromatic N) is 4. The first-order chi connectivity index (χ1) is 12.2. The van der Waals surface area contributed by atoms with Crippen LogP contribution in [0.4, 0.5) is 0 Å². The predicted octanol–water partition coefficient (Wildman–Crippen LogP) is 2.61. The standard InChI is InChI=1S/C18H31N5OS.HI/c1-14(2)17-21-16(13-25-17)10-20-18(19-3)23-5-4-15(12-23)11-22-6-8-24-9-7-22;/h13-15H,4-12H2,1-3H3,(H,19,20);1H. The molecule has 0 aliphatic carbocycles. The van der Waals surface area contributed by atoms with Crippen LogP contribution in [-0.2, 0) is 11.3 Å². The van der Waals surface area contributed by atoms with E-state index in [4.69, 9.17) is 9.72 Å². The van der Waals surface area contributed by atoms with E-state index in [2.05, 4.69) is 39.3 Å². The van der Waals surface area contributed by atoms with Crippen LogP contribution in [-0.4, -0.2) is 73.7 Å². The van der Waals surface area contributed by atoms with E-state index in [1.54, 1.807) is 11.3 Å². The van der Waals surface area contributed by atoms with Crippen LogP contribution in [0.1, 0.15) is 36.9 Å². The molecule has 0 saturated carbocycles. The third-order valence-electron chi connectivity index (χ3n) is 4.91. The summed E-state index contributed by atoms with van der Waals surface area (Å²) in [5.74, 6) is 2.23. The van der Waals surface area contributed by atoms with E-state index in [0.29, 0.717) is 5.92 Å². The van der Waals surface area contributed by atoms with Gasteiger partial charge in [-0.05, 0) is 12.3 Å². The maximum absolute atomic E-state index is 5.45. The van der Waals surface area contributed by atoms with Crippen LogP contribution in [0.2, 0.25) is 0 Å². The van der Waals surface area contributed by atoms with Crippen molar-refractivity contribution in [3.05, 3.63) is 16.1 Å². The maximum atomic E-state index is 5.45. The fourth-order valence-electron chi connectivity index (χ4n) is 3.49. The second kappa shape index (κ2) is 10.8. The molecule has 1 atom stereocenters. The molecule has 3 rings (SSSR count). The van der Waals surface area contributed by atoms with E-state index < -0.39 is 0 Å². The summed E-state index contributed by atoms with van der Waals surface area (Å²) in [4.78, 5) is 14.1. The molecule has 2 aliphatic heterocycles. The van der Waals surface area contributed by atoms with E-state index in [1.165, 1.54) is 18.0 Å². The van der Waals surface area contributed by atoms with Crippen molar-refractivity contribution in [1.82, 2.24) is 20.1 Å². The Morgan fingerprint density at radius 3 is 2.81 bits per heavy atom. The fraction of sp³-hybridized carbons (Fsp3) is 0.778. The molecule has 0 aromatic carbocycles. The van der Waals surface area contributed by atoms with E-state index in [9.17, 15) is 0 Å². The van der Waals surface area contributed by atoms with Crippen LogP contribution < -0.4 is 5.32 Å². The van der Waals surface area contributed by atoms with Gasteiger partial charge in [0.05, 0.1) is 30.5 Å². The van der Waals surface area contributed by atoms with Crippen LogP contribution >= 0.6 is 35.3 Å². The highest BCUT2D eigenvalue weighted by Gasteiger charge is 2.27. The second-order valence-corrected chi connectivity index (χ2v) is 8.14. The quantitative estimate of drug-likeness (QED) is 0.389. The first-order valence-electron chi connectivity index (χ1n) is 9.35. The Labute approximate surface area is 178 Å². The van der Waals surface area contributed by atoms with Gasteiger partial charge >= 0.3 is 0 Å². The zero-order chi connectivity index (χ0) is 17.6. The van der Waals surface area contributed by atoms with Gasteiger partial charge in [-0.3, -0.25) is 9.89 Å². The summed E-state index contributed by atoms with van der Waals surface area (Å²) in [5.41, 5.74) is 1.11. The molecule has 1 aromatic heterocycles. The number of aliphatic imine (C=N–C) groups is 1. The number of guanidine groups is 1. The Morgan fingerprint density at radius 2 is 2.15 bits per heavy atom. The third-order valence-corrected chi connectivity index (χ3v) is 6.10. The average Bonchev–Trinajstić information content (AvgIpc) is 3.26. The highest BCUT2D eigenvalue weighted by Crippen LogP contribution is 2.20. The van der Waals surface area contributed by atoms with Crippen LogP contribution in [0.3, 0.4) is 0 Å². The molecule has 1 N–H and O–H groups in total. The number of hydrogen-bond acceptors (Lipinski definition) is 5. The van der Waals surface area contributed by atoms with Crippen molar-refractivity contribution in [3.63, 3.8) is 0 Å². The van der Waals surface area contributed by atoms with Gasteiger partial charge < -0.3 is 15.0 Å². The number of nitrogens with one attached hydrogen (secondary N) is 1. The van der Waals surface area contributed by atoms with Crippen molar-refractivity contribution < 1.29 is 4.74 Å². The summed E-state index contributed by atoms with van der Waals surface area (Å²) in [5, 5.41) is 6.85. The Kier molecular flexibility index (Phi) is 9.05. The highest BCUT2D eigenvalue weighted by atomic mass is 127. The van der Waals surface area contributed by atoms with Crippen LogP contribution in [0.25, 0.3) is 0 Å². The molecule has 148 valence electrons. The summed E-state index contributed by atoms with van der Waals surface area (Å²) < 4.78 is 5.45.